The van der Waals surface area contributed by atoms with Crippen LogP contribution >= 0.6 is 27.5 Å². The minimum absolute atomic E-state index is 0.496. The average molecular weight is 370 g/mol. The summed E-state index contributed by atoms with van der Waals surface area (Å²) in [5.41, 5.74) is 3.27. The third kappa shape index (κ3) is 4.08. The van der Waals surface area contributed by atoms with Crippen LogP contribution in [-0.2, 0) is 0 Å². The van der Waals surface area contributed by atoms with Gasteiger partial charge in [-0.2, -0.15) is 4.98 Å². The van der Waals surface area contributed by atoms with Crippen LogP contribution in [0.4, 0.5) is 17.5 Å². The van der Waals surface area contributed by atoms with Crippen molar-refractivity contribution in [2.45, 2.75) is 27.2 Å². The van der Waals surface area contributed by atoms with Gasteiger partial charge in [0.25, 0.3) is 0 Å². The third-order valence-electron chi connectivity index (χ3n) is 2.98. The smallest absolute Gasteiger partial charge is 0.224 e. The van der Waals surface area contributed by atoms with Gasteiger partial charge in [-0.25, -0.2) is 4.98 Å². The minimum atomic E-state index is 0.496. The van der Waals surface area contributed by atoms with Crippen LogP contribution in [0.1, 0.15) is 24.5 Å². The van der Waals surface area contributed by atoms with Gasteiger partial charge in [-0.05, 0) is 43.5 Å². The fourth-order valence-electron chi connectivity index (χ4n) is 1.93. The van der Waals surface area contributed by atoms with Gasteiger partial charge in [0.15, 0.2) is 5.82 Å². The number of nitrogens with one attached hydrogen (secondary N) is 2. The molecule has 21 heavy (non-hydrogen) atoms. The second-order valence-corrected chi connectivity index (χ2v) is 6.07. The van der Waals surface area contributed by atoms with Crippen molar-refractivity contribution in [3.05, 3.63) is 39.0 Å². The van der Waals surface area contributed by atoms with Crippen molar-refractivity contribution in [2.24, 2.45) is 0 Å². The van der Waals surface area contributed by atoms with E-state index in [0.29, 0.717) is 16.8 Å². The number of hydrogen-bond acceptors (Lipinski definition) is 4. The maximum absolute atomic E-state index is 6.17. The first-order chi connectivity index (χ1) is 10.0. The van der Waals surface area contributed by atoms with Crippen molar-refractivity contribution in [1.29, 1.82) is 0 Å². The monoisotopic (exact) mass is 368 g/mol. The third-order valence-corrected chi connectivity index (χ3v) is 4.50. The molecule has 2 rings (SSSR count). The van der Waals surface area contributed by atoms with E-state index in [4.69, 9.17) is 11.6 Å². The Morgan fingerprint density at radius 2 is 1.90 bits per heavy atom. The lowest BCUT2D eigenvalue weighted by atomic mass is 10.1. The zero-order valence-electron chi connectivity index (χ0n) is 12.3. The number of anilines is 3. The van der Waals surface area contributed by atoms with Crippen LogP contribution in [0.3, 0.4) is 0 Å². The summed E-state index contributed by atoms with van der Waals surface area (Å²) in [4.78, 5) is 8.58. The molecular weight excluding hydrogens is 352 g/mol. The van der Waals surface area contributed by atoms with E-state index >= 15 is 0 Å². The molecule has 2 aromatic rings. The SMILES string of the molecule is CCCNc1ncc(Cl)c(Nc2cc(C)c(Br)c(C)c2)n1. The summed E-state index contributed by atoms with van der Waals surface area (Å²) in [7, 11) is 0. The van der Waals surface area contributed by atoms with Crippen LogP contribution in [0.2, 0.25) is 5.02 Å². The van der Waals surface area contributed by atoms with E-state index < -0.39 is 0 Å². The van der Waals surface area contributed by atoms with E-state index in [9.17, 15) is 0 Å². The zero-order chi connectivity index (χ0) is 15.4. The Balaban J connectivity index is 2.26. The lowest BCUT2D eigenvalue weighted by molar-refractivity contribution is 0.953. The second kappa shape index (κ2) is 7.09. The van der Waals surface area contributed by atoms with Crippen LogP contribution in [0.15, 0.2) is 22.8 Å². The summed E-state index contributed by atoms with van der Waals surface area (Å²) in [5, 5.41) is 6.90. The molecule has 0 fully saturated rings. The molecule has 2 N–H and O–H groups in total. The normalized spacial score (nSPS) is 10.5. The topological polar surface area (TPSA) is 49.8 Å². The highest BCUT2D eigenvalue weighted by atomic mass is 79.9. The van der Waals surface area contributed by atoms with Gasteiger partial charge in [-0.15, -0.1) is 0 Å². The number of halogens is 2. The van der Waals surface area contributed by atoms with E-state index in [1.165, 1.54) is 0 Å². The number of hydrogen-bond donors (Lipinski definition) is 2. The van der Waals surface area contributed by atoms with E-state index in [1.54, 1.807) is 6.20 Å². The molecule has 0 amide bonds. The lowest BCUT2D eigenvalue weighted by Crippen LogP contribution is -2.06. The molecule has 0 aliphatic heterocycles. The van der Waals surface area contributed by atoms with Gasteiger partial charge in [-0.3, -0.25) is 0 Å². The summed E-state index contributed by atoms with van der Waals surface area (Å²) in [6.45, 7) is 7.03. The molecule has 0 saturated heterocycles. The highest BCUT2D eigenvalue weighted by molar-refractivity contribution is 9.10. The van der Waals surface area contributed by atoms with Crippen LogP contribution in [0.25, 0.3) is 0 Å². The van der Waals surface area contributed by atoms with Crippen LogP contribution in [0.5, 0.6) is 0 Å². The molecule has 0 radical (unpaired) electrons. The van der Waals surface area contributed by atoms with Gasteiger partial charge in [0.2, 0.25) is 5.95 Å². The van der Waals surface area contributed by atoms with Gasteiger partial charge >= 0.3 is 0 Å². The summed E-state index contributed by atoms with van der Waals surface area (Å²) >= 11 is 9.73. The van der Waals surface area contributed by atoms with E-state index in [0.717, 1.165) is 34.3 Å². The predicted octanol–water partition coefficient (Wildman–Crippen LogP) is 5.07. The molecular formula is C15H18BrClN4. The Morgan fingerprint density at radius 1 is 1.24 bits per heavy atom. The standard InChI is InChI=1S/C15H18BrClN4/c1-4-5-18-15-19-8-12(17)14(21-15)20-11-6-9(2)13(16)10(3)7-11/h6-8H,4-5H2,1-3H3,(H2,18,19,20,21). The fourth-order valence-corrected chi connectivity index (χ4v) is 2.30. The number of nitrogens with zero attached hydrogens (tertiary/aromatic N) is 2. The van der Waals surface area contributed by atoms with E-state index in [1.807, 2.05) is 0 Å². The first-order valence-electron chi connectivity index (χ1n) is 6.81. The van der Waals surface area contributed by atoms with Gasteiger partial charge in [0.1, 0.15) is 5.02 Å². The van der Waals surface area contributed by atoms with Crippen molar-refractivity contribution < 1.29 is 0 Å². The lowest BCUT2D eigenvalue weighted by Gasteiger charge is -2.12. The highest BCUT2D eigenvalue weighted by Crippen LogP contribution is 2.29. The number of rotatable bonds is 5. The van der Waals surface area contributed by atoms with Crippen molar-refractivity contribution in [3.63, 3.8) is 0 Å². The predicted molar refractivity (Wildman–Crippen MR) is 92.7 cm³/mol. The van der Waals surface area contributed by atoms with Crippen molar-refractivity contribution in [2.75, 3.05) is 17.2 Å². The summed E-state index contributed by atoms with van der Waals surface area (Å²) in [5.74, 6) is 1.18. The van der Waals surface area contributed by atoms with Gasteiger partial charge in [-0.1, -0.05) is 34.5 Å². The zero-order valence-corrected chi connectivity index (χ0v) is 14.6. The molecule has 0 aliphatic rings. The molecule has 0 unspecified atom stereocenters. The van der Waals surface area contributed by atoms with Gasteiger partial charge < -0.3 is 10.6 Å². The Labute approximate surface area is 138 Å². The molecule has 1 heterocycles. The van der Waals surface area contributed by atoms with E-state index in [2.05, 4.69) is 69.4 Å². The first-order valence-corrected chi connectivity index (χ1v) is 7.98. The number of aromatic nitrogens is 2. The molecule has 1 aromatic carbocycles. The minimum Gasteiger partial charge on any atom is -0.354 e. The van der Waals surface area contributed by atoms with E-state index in [-0.39, 0.29) is 0 Å². The second-order valence-electron chi connectivity index (χ2n) is 4.87. The summed E-state index contributed by atoms with van der Waals surface area (Å²) in [6, 6.07) is 4.10. The maximum Gasteiger partial charge on any atom is 0.224 e. The van der Waals surface area contributed by atoms with Gasteiger partial charge in [0.05, 0.1) is 6.20 Å². The average Bonchev–Trinajstić information content (AvgIpc) is 2.45. The molecule has 4 nitrogen and oxygen atoms in total. The van der Waals surface area contributed by atoms with Crippen LogP contribution in [-0.4, -0.2) is 16.5 Å². The van der Waals surface area contributed by atoms with Crippen LogP contribution < -0.4 is 10.6 Å². The van der Waals surface area contributed by atoms with Gasteiger partial charge in [0, 0.05) is 16.7 Å². The van der Waals surface area contributed by atoms with Crippen LogP contribution in [0, 0.1) is 13.8 Å². The Morgan fingerprint density at radius 3 is 2.52 bits per heavy atom. The highest BCUT2D eigenvalue weighted by Gasteiger charge is 2.08. The molecule has 0 atom stereocenters. The summed E-state index contributed by atoms with van der Waals surface area (Å²) < 4.78 is 1.12. The molecule has 0 bridgehead atoms. The maximum atomic E-state index is 6.17. The molecule has 112 valence electrons. The Kier molecular flexibility index (Phi) is 5.42. The fraction of sp³-hybridized carbons (Fsp3) is 0.333. The molecule has 1 aromatic heterocycles. The summed E-state index contributed by atoms with van der Waals surface area (Å²) in [6.07, 6.45) is 2.62. The molecule has 0 aliphatic carbocycles. The molecule has 0 spiro atoms. The Bertz CT molecular complexity index is 623. The van der Waals surface area contributed by atoms with Crippen molar-refractivity contribution in [3.8, 4) is 0 Å². The quantitative estimate of drug-likeness (QED) is 0.772. The number of aryl methyl sites for hydroxylation is 2. The number of benzene rings is 1. The van der Waals surface area contributed by atoms with Crippen molar-refractivity contribution >= 4 is 45.0 Å². The molecule has 6 heteroatoms. The molecule has 0 saturated carbocycles. The Hall–Kier alpha value is -1.33. The van der Waals surface area contributed by atoms with Crippen molar-refractivity contribution in [1.82, 2.24) is 9.97 Å². The first kappa shape index (κ1) is 16.0. The largest absolute Gasteiger partial charge is 0.354 e.